The third kappa shape index (κ3) is 2.95. The Morgan fingerprint density at radius 2 is 1.77 bits per heavy atom. The van der Waals surface area contributed by atoms with Gasteiger partial charge in [-0.25, -0.2) is 9.78 Å². The molecule has 0 atom stereocenters. The van der Waals surface area contributed by atoms with Crippen LogP contribution in [0.3, 0.4) is 0 Å². The van der Waals surface area contributed by atoms with E-state index in [1.165, 1.54) is 33.5 Å². The Balaban J connectivity index is 2.74. The molecule has 22 heavy (non-hydrogen) atoms. The van der Waals surface area contributed by atoms with Crippen LogP contribution in [0.25, 0.3) is 11.1 Å². The molecule has 6 heteroatoms. The molecule has 114 valence electrons. The Labute approximate surface area is 128 Å². The molecule has 2 aromatic rings. The Hall–Kier alpha value is -2.76. The van der Waals surface area contributed by atoms with Crippen molar-refractivity contribution in [2.24, 2.45) is 0 Å². The summed E-state index contributed by atoms with van der Waals surface area (Å²) in [6.45, 7) is 3.24. The third-order valence-corrected chi connectivity index (χ3v) is 3.18. The molecule has 0 bridgehead atoms. The number of nitrogens with zero attached hydrogens (tertiary/aromatic N) is 2. The van der Waals surface area contributed by atoms with Crippen LogP contribution in [0.5, 0.6) is 5.75 Å². The normalized spacial score (nSPS) is 10.2. The standard InChI is InChI=1S/C16H16N2O4/c1-9-5-11(13(7-17-9)16(20)22-4)12-6-14(10(2)19)18-8-15(12)21-3/h5-8H,1-4H3. The molecule has 2 aromatic heterocycles. The first-order valence-electron chi connectivity index (χ1n) is 6.58. The largest absolute Gasteiger partial charge is 0.494 e. The Bertz CT molecular complexity index is 741. The Morgan fingerprint density at radius 3 is 2.36 bits per heavy atom. The minimum Gasteiger partial charge on any atom is -0.494 e. The maximum atomic E-state index is 12.0. The second kappa shape index (κ2) is 6.34. The average molecular weight is 300 g/mol. The fraction of sp³-hybridized carbons (Fsp3) is 0.250. The summed E-state index contributed by atoms with van der Waals surface area (Å²) in [4.78, 5) is 31.7. The molecule has 0 fully saturated rings. The zero-order valence-corrected chi connectivity index (χ0v) is 12.8. The molecule has 0 saturated carbocycles. The Kier molecular flexibility index (Phi) is 4.50. The van der Waals surface area contributed by atoms with Gasteiger partial charge in [0.2, 0.25) is 0 Å². The number of ketones is 1. The quantitative estimate of drug-likeness (QED) is 0.637. The highest BCUT2D eigenvalue weighted by molar-refractivity contribution is 5.99. The van der Waals surface area contributed by atoms with E-state index in [4.69, 9.17) is 9.47 Å². The smallest absolute Gasteiger partial charge is 0.340 e. The van der Waals surface area contributed by atoms with Crippen LogP contribution in [0.15, 0.2) is 24.5 Å². The van der Waals surface area contributed by atoms with Gasteiger partial charge in [-0.3, -0.25) is 9.78 Å². The topological polar surface area (TPSA) is 78.4 Å². The maximum Gasteiger partial charge on any atom is 0.340 e. The van der Waals surface area contributed by atoms with Crippen molar-refractivity contribution in [1.29, 1.82) is 0 Å². The number of carbonyl (C=O) groups is 2. The highest BCUT2D eigenvalue weighted by atomic mass is 16.5. The van der Waals surface area contributed by atoms with E-state index in [1.54, 1.807) is 12.1 Å². The van der Waals surface area contributed by atoms with Crippen LogP contribution in [0, 0.1) is 6.92 Å². The molecule has 0 unspecified atom stereocenters. The molecular weight excluding hydrogens is 284 g/mol. The first-order chi connectivity index (χ1) is 10.5. The van der Waals surface area contributed by atoms with E-state index in [-0.39, 0.29) is 5.78 Å². The summed E-state index contributed by atoms with van der Waals surface area (Å²) in [5.74, 6) is -0.221. The molecule has 0 aliphatic heterocycles. The van der Waals surface area contributed by atoms with Crippen molar-refractivity contribution < 1.29 is 19.1 Å². The predicted molar refractivity (Wildman–Crippen MR) is 80.1 cm³/mol. The first kappa shape index (κ1) is 15.6. The van der Waals surface area contributed by atoms with Crippen LogP contribution in [0.1, 0.15) is 33.5 Å². The summed E-state index contributed by atoms with van der Waals surface area (Å²) >= 11 is 0. The van der Waals surface area contributed by atoms with Gasteiger partial charge in [-0.2, -0.15) is 0 Å². The summed E-state index contributed by atoms with van der Waals surface area (Å²) < 4.78 is 10.1. The molecule has 6 nitrogen and oxygen atoms in total. The number of hydrogen-bond donors (Lipinski definition) is 0. The summed E-state index contributed by atoms with van der Waals surface area (Å²) in [5, 5.41) is 0. The number of aryl methyl sites for hydroxylation is 1. The second-order valence-electron chi connectivity index (χ2n) is 4.69. The van der Waals surface area contributed by atoms with Gasteiger partial charge in [0.25, 0.3) is 0 Å². The van der Waals surface area contributed by atoms with E-state index in [0.717, 1.165) is 5.69 Å². The third-order valence-electron chi connectivity index (χ3n) is 3.18. The highest BCUT2D eigenvalue weighted by Crippen LogP contribution is 2.33. The SMILES string of the molecule is COC(=O)c1cnc(C)cc1-c1cc(C(C)=O)ncc1OC. The van der Waals surface area contributed by atoms with Crippen LogP contribution >= 0.6 is 0 Å². The lowest BCUT2D eigenvalue weighted by Gasteiger charge is -2.13. The lowest BCUT2D eigenvalue weighted by atomic mass is 9.99. The zero-order valence-electron chi connectivity index (χ0n) is 12.8. The van der Waals surface area contributed by atoms with Gasteiger partial charge in [0.15, 0.2) is 5.78 Å². The summed E-state index contributed by atoms with van der Waals surface area (Å²) in [6, 6.07) is 3.34. The van der Waals surface area contributed by atoms with E-state index in [1.807, 2.05) is 6.92 Å². The van der Waals surface area contributed by atoms with Gasteiger partial charge < -0.3 is 9.47 Å². The van der Waals surface area contributed by atoms with E-state index in [0.29, 0.717) is 28.1 Å². The van der Waals surface area contributed by atoms with Crippen LogP contribution in [-0.2, 0) is 4.74 Å². The van der Waals surface area contributed by atoms with Crippen molar-refractivity contribution in [3.8, 4) is 16.9 Å². The number of hydrogen-bond acceptors (Lipinski definition) is 6. The molecule has 2 heterocycles. The summed E-state index contributed by atoms with van der Waals surface area (Å²) in [6.07, 6.45) is 2.91. The Morgan fingerprint density at radius 1 is 1.05 bits per heavy atom. The minimum absolute atomic E-state index is 0.172. The highest BCUT2D eigenvalue weighted by Gasteiger charge is 2.19. The molecule has 0 aliphatic carbocycles. The monoisotopic (exact) mass is 300 g/mol. The van der Waals surface area contributed by atoms with E-state index in [9.17, 15) is 9.59 Å². The van der Waals surface area contributed by atoms with Gasteiger partial charge in [-0.15, -0.1) is 0 Å². The van der Waals surface area contributed by atoms with Crippen molar-refractivity contribution in [3.63, 3.8) is 0 Å². The fourth-order valence-electron chi connectivity index (χ4n) is 2.06. The molecule has 0 amide bonds. The first-order valence-corrected chi connectivity index (χ1v) is 6.58. The molecule has 2 rings (SSSR count). The van der Waals surface area contributed by atoms with Gasteiger partial charge in [-0.05, 0) is 19.1 Å². The van der Waals surface area contributed by atoms with Crippen molar-refractivity contribution in [2.45, 2.75) is 13.8 Å². The van der Waals surface area contributed by atoms with Gasteiger partial charge in [0, 0.05) is 29.9 Å². The predicted octanol–water partition coefficient (Wildman–Crippen LogP) is 2.45. The van der Waals surface area contributed by atoms with Gasteiger partial charge >= 0.3 is 5.97 Å². The molecule has 0 saturated heterocycles. The van der Waals surface area contributed by atoms with Crippen molar-refractivity contribution in [1.82, 2.24) is 9.97 Å². The lowest BCUT2D eigenvalue weighted by molar-refractivity contribution is 0.0601. The van der Waals surface area contributed by atoms with Gasteiger partial charge in [0.05, 0.1) is 26.0 Å². The van der Waals surface area contributed by atoms with E-state index < -0.39 is 5.97 Å². The number of rotatable bonds is 4. The molecule has 0 aliphatic rings. The van der Waals surface area contributed by atoms with Gasteiger partial charge in [-0.1, -0.05) is 0 Å². The number of ether oxygens (including phenoxy) is 2. The van der Waals surface area contributed by atoms with Crippen molar-refractivity contribution in [3.05, 3.63) is 41.5 Å². The minimum atomic E-state index is -0.509. The van der Waals surface area contributed by atoms with Crippen molar-refractivity contribution >= 4 is 11.8 Å². The zero-order chi connectivity index (χ0) is 16.3. The number of methoxy groups -OCH3 is 2. The summed E-state index contributed by atoms with van der Waals surface area (Å²) in [5.41, 5.74) is 2.49. The number of pyridine rings is 2. The maximum absolute atomic E-state index is 12.0. The fourth-order valence-corrected chi connectivity index (χ4v) is 2.06. The number of aromatic nitrogens is 2. The van der Waals surface area contributed by atoms with Crippen LogP contribution in [0.4, 0.5) is 0 Å². The van der Waals surface area contributed by atoms with E-state index in [2.05, 4.69) is 9.97 Å². The van der Waals surface area contributed by atoms with Crippen molar-refractivity contribution in [2.75, 3.05) is 14.2 Å². The molecule has 0 radical (unpaired) electrons. The van der Waals surface area contributed by atoms with Crippen LogP contribution in [-0.4, -0.2) is 35.9 Å². The molecule has 0 aromatic carbocycles. The average Bonchev–Trinajstić information content (AvgIpc) is 2.53. The number of carbonyl (C=O) groups excluding carboxylic acids is 2. The number of Topliss-reactive ketones (excluding diaryl/α,β-unsaturated/α-hetero) is 1. The molecular formula is C16H16N2O4. The molecule has 0 spiro atoms. The summed E-state index contributed by atoms with van der Waals surface area (Å²) in [7, 11) is 2.80. The lowest BCUT2D eigenvalue weighted by Crippen LogP contribution is -2.06. The van der Waals surface area contributed by atoms with Crippen LogP contribution < -0.4 is 4.74 Å². The van der Waals surface area contributed by atoms with Gasteiger partial charge in [0.1, 0.15) is 11.4 Å². The van der Waals surface area contributed by atoms with Crippen LogP contribution in [0.2, 0.25) is 0 Å². The molecule has 0 N–H and O–H groups in total. The second-order valence-corrected chi connectivity index (χ2v) is 4.69. The van der Waals surface area contributed by atoms with E-state index >= 15 is 0 Å². The number of esters is 1.